The Morgan fingerprint density at radius 2 is 1.70 bits per heavy atom. The molecule has 1 aromatic heterocycles. The van der Waals surface area contributed by atoms with Crippen LogP contribution in [0, 0.1) is 13.8 Å². The number of pyridine rings is 1. The van der Waals surface area contributed by atoms with E-state index in [2.05, 4.69) is 4.98 Å². The van der Waals surface area contributed by atoms with Crippen molar-refractivity contribution in [3.05, 3.63) is 51.7 Å². The highest BCUT2D eigenvalue weighted by Crippen LogP contribution is 2.32. The molecule has 2 aromatic carbocycles. The normalized spacial score (nSPS) is 10.9. The van der Waals surface area contributed by atoms with Crippen molar-refractivity contribution in [3.63, 3.8) is 0 Å². The Kier molecular flexibility index (Phi) is 5.37. The summed E-state index contributed by atoms with van der Waals surface area (Å²) in [5.41, 5.74) is 3.95. The van der Waals surface area contributed by atoms with Gasteiger partial charge in [0.05, 0.1) is 31.7 Å². The second-order valence-electron chi connectivity index (χ2n) is 6.31. The van der Waals surface area contributed by atoms with Gasteiger partial charge in [0.25, 0.3) is 0 Å². The van der Waals surface area contributed by atoms with Gasteiger partial charge in [-0.25, -0.2) is 0 Å². The number of aliphatic hydroxyl groups is 1. The van der Waals surface area contributed by atoms with Crippen LogP contribution in [-0.4, -0.2) is 37.5 Å². The molecule has 0 radical (unpaired) electrons. The van der Waals surface area contributed by atoms with Crippen LogP contribution in [0.4, 0.5) is 0 Å². The summed E-state index contributed by atoms with van der Waals surface area (Å²) in [5.74, 6) is 1.82. The molecular weight excluding hydrogens is 346 g/mol. The molecule has 0 aliphatic heterocycles. The van der Waals surface area contributed by atoms with Crippen molar-refractivity contribution in [3.8, 4) is 28.5 Å². The van der Waals surface area contributed by atoms with E-state index in [1.807, 2.05) is 26.0 Å². The fraction of sp³-hybridized carbons (Fsp3) is 0.286. The summed E-state index contributed by atoms with van der Waals surface area (Å²) >= 11 is 0. The van der Waals surface area contributed by atoms with Crippen molar-refractivity contribution in [1.29, 1.82) is 0 Å². The molecule has 0 unspecified atom stereocenters. The van der Waals surface area contributed by atoms with Crippen LogP contribution in [0.1, 0.15) is 11.1 Å². The lowest BCUT2D eigenvalue weighted by molar-refractivity contribution is 0.200. The number of fused-ring (bicyclic) bond motifs is 1. The summed E-state index contributed by atoms with van der Waals surface area (Å²) in [7, 11) is 3.10. The minimum Gasteiger partial charge on any atom is -0.497 e. The molecule has 0 bridgehead atoms. The number of nitrogens with one attached hydrogen (secondary N) is 1. The fourth-order valence-corrected chi connectivity index (χ4v) is 3.24. The Morgan fingerprint density at radius 3 is 2.30 bits per heavy atom. The van der Waals surface area contributed by atoms with E-state index in [1.165, 1.54) is 7.11 Å². The minimum absolute atomic E-state index is 0.0394. The van der Waals surface area contributed by atoms with Crippen LogP contribution in [0.2, 0.25) is 0 Å². The maximum Gasteiger partial charge on any atom is 0.193 e. The lowest BCUT2D eigenvalue weighted by Crippen LogP contribution is -2.06. The molecule has 0 aliphatic carbocycles. The third-order valence-electron chi connectivity index (χ3n) is 4.43. The number of hydrogen-bond acceptors (Lipinski definition) is 5. The van der Waals surface area contributed by atoms with Gasteiger partial charge in [0.2, 0.25) is 0 Å². The zero-order valence-electron chi connectivity index (χ0n) is 15.9. The number of aromatic nitrogens is 1. The number of benzene rings is 2. The maximum atomic E-state index is 12.7. The highest BCUT2D eigenvalue weighted by molar-refractivity contribution is 5.88. The molecule has 0 aliphatic rings. The zero-order chi connectivity index (χ0) is 19.6. The van der Waals surface area contributed by atoms with Gasteiger partial charge in [-0.05, 0) is 42.7 Å². The summed E-state index contributed by atoms with van der Waals surface area (Å²) in [5, 5.41) is 9.46. The van der Waals surface area contributed by atoms with Crippen LogP contribution in [-0.2, 0) is 0 Å². The van der Waals surface area contributed by atoms with E-state index >= 15 is 0 Å². The molecule has 0 atom stereocenters. The molecule has 0 amide bonds. The molecular formula is C21H23NO5. The number of aliphatic hydroxyl groups excluding tert-OH is 1. The first-order valence-corrected chi connectivity index (χ1v) is 8.62. The van der Waals surface area contributed by atoms with Gasteiger partial charge in [0.15, 0.2) is 5.43 Å². The predicted octanol–water partition coefficient (Wildman–Crippen LogP) is 3.20. The molecule has 2 N–H and O–H groups in total. The first-order chi connectivity index (χ1) is 13.0. The lowest BCUT2D eigenvalue weighted by Gasteiger charge is -2.14. The van der Waals surface area contributed by atoms with Gasteiger partial charge < -0.3 is 24.3 Å². The Bertz CT molecular complexity index is 1020. The molecule has 3 aromatic rings. The molecule has 142 valence electrons. The number of methoxy groups -OCH3 is 2. The molecule has 3 rings (SSSR count). The smallest absolute Gasteiger partial charge is 0.193 e. The highest BCUT2D eigenvalue weighted by Gasteiger charge is 2.13. The number of ether oxygens (including phenoxy) is 3. The van der Waals surface area contributed by atoms with Crippen LogP contribution in [0.3, 0.4) is 0 Å². The number of aryl methyl sites for hydroxylation is 2. The van der Waals surface area contributed by atoms with E-state index in [1.54, 1.807) is 25.3 Å². The van der Waals surface area contributed by atoms with Crippen LogP contribution < -0.4 is 19.6 Å². The van der Waals surface area contributed by atoms with E-state index < -0.39 is 0 Å². The molecule has 0 saturated carbocycles. The van der Waals surface area contributed by atoms with Crippen LogP contribution in [0.15, 0.2) is 35.1 Å². The standard InChI is InChI=1S/C21H23NO5/c1-12-7-14(8-13(2)21(12)27-6-5-23)16-11-18(24)20-17(22-16)9-15(25-3)10-19(20)26-4/h7-11,23H,5-6H2,1-4H3,(H,22,24). The van der Waals surface area contributed by atoms with Crippen LogP contribution in [0.5, 0.6) is 17.2 Å². The van der Waals surface area contributed by atoms with Crippen molar-refractivity contribution in [1.82, 2.24) is 4.98 Å². The van der Waals surface area contributed by atoms with E-state index in [9.17, 15) is 4.79 Å². The molecule has 0 saturated heterocycles. The molecule has 6 heteroatoms. The largest absolute Gasteiger partial charge is 0.497 e. The van der Waals surface area contributed by atoms with E-state index in [-0.39, 0.29) is 18.6 Å². The van der Waals surface area contributed by atoms with Gasteiger partial charge in [0, 0.05) is 23.9 Å². The Labute approximate surface area is 157 Å². The number of rotatable bonds is 6. The average Bonchev–Trinajstić information content (AvgIpc) is 2.66. The fourth-order valence-electron chi connectivity index (χ4n) is 3.24. The van der Waals surface area contributed by atoms with Crippen LogP contribution in [0.25, 0.3) is 22.2 Å². The summed E-state index contributed by atoms with van der Waals surface area (Å²) in [6.45, 7) is 4.08. The van der Waals surface area contributed by atoms with Gasteiger partial charge in [-0.15, -0.1) is 0 Å². The lowest BCUT2D eigenvalue weighted by atomic mass is 10.0. The number of H-pyrrole nitrogens is 1. The third-order valence-corrected chi connectivity index (χ3v) is 4.43. The van der Waals surface area contributed by atoms with Crippen molar-refractivity contribution in [2.75, 3.05) is 27.4 Å². The summed E-state index contributed by atoms with van der Waals surface area (Å²) in [6.07, 6.45) is 0. The summed E-state index contributed by atoms with van der Waals surface area (Å²) in [6, 6.07) is 8.95. The van der Waals surface area contributed by atoms with Gasteiger partial charge in [-0.1, -0.05) is 0 Å². The summed E-state index contributed by atoms with van der Waals surface area (Å²) in [4.78, 5) is 16.0. The van der Waals surface area contributed by atoms with Gasteiger partial charge in [0.1, 0.15) is 23.9 Å². The average molecular weight is 369 g/mol. The number of hydrogen-bond donors (Lipinski definition) is 2. The highest BCUT2D eigenvalue weighted by atomic mass is 16.5. The van der Waals surface area contributed by atoms with E-state index in [4.69, 9.17) is 19.3 Å². The Balaban J connectivity index is 2.16. The number of aromatic amines is 1. The maximum absolute atomic E-state index is 12.7. The molecule has 1 heterocycles. The molecule has 27 heavy (non-hydrogen) atoms. The van der Waals surface area contributed by atoms with Crippen molar-refractivity contribution < 1.29 is 19.3 Å². The Morgan fingerprint density at radius 1 is 1.00 bits per heavy atom. The van der Waals surface area contributed by atoms with Gasteiger partial charge >= 0.3 is 0 Å². The van der Waals surface area contributed by atoms with Crippen molar-refractivity contribution in [2.45, 2.75) is 13.8 Å². The van der Waals surface area contributed by atoms with E-state index in [0.29, 0.717) is 28.1 Å². The van der Waals surface area contributed by atoms with Gasteiger partial charge in [-0.3, -0.25) is 4.79 Å². The minimum atomic E-state index is -0.130. The monoisotopic (exact) mass is 369 g/mol. The molecule has 0 spiro atoms. The van der Waals surface area contributed by atoms with Gasteiger partial charge in [-0.2, -0.15) is 0 Å². The molecule has 0 fully saturated rings. The van der Waals surface area contributed by atoms with E-state index in [0.717, 1.165) is 22.4 Å². The Hall–Kier alpha value is -2.99. The quantitative estimate of drug-likeness (QED) is 0.697. The third kappa shape index (κ3) is 3.61. The second kappa shape index (κ2) is 7.72. The van der Waals surface area contributed by atoms with Crippen molar-refractivity contribution >= 4 is 10.9 Å². The predicted molar refractivity (Wildman–Crippen MR) is 105 cm³/mol. The van der Waals surface area contributed by atoms with Crippen molar-refractivity contribution in [2.24, 2.45) is 0 Å². The zero-order valence-corrected chi connectivity index (χ0v) is 15.9. The second-order valence-corrected chi connectivity index (χ2v) is 6.31. The SMILES string of the molecule is COc1cc(OC)c2c(=O)cc(-c3cc(C)c(OCCO)c(C)c3)[nH]c2c1. The first-order valence-electron chi connectivity index (χ1n) is 8.62. The summed E-state index contributed by atoms with van der Waals surface area (Å²) < 4.78 is 16.3. The molecule has 6 nitrogen and oxygen atoms in total. The van der Waals surface area contributed by atoms with Crippen LogP contribution >= 0.6 is 0 Å². The topological polar surface area (TPSA) is 80.8 Å². The first kappa shape index (κ1) is 18.8.